The quantitative estimate of drug-likeness (QED) is 0.631. The summed E-state index contributed by atoms with van der Waals surface area (Å²) in [5, 5.41) is 9.62. The second-order valence-electron chi connectivity index (χ2n) is 4.58. The Morgan fingerprint density at radius 2 is 2.33 bits per heavy atom. The lowest BCUT2D eigenvalue weighted by Crippen LogP contribution is -2.34. The number of ether oxygens (including phenoxy) is 1. The summed E-state index contributed by atoms with van der Waals surface area (Å²) in [6.45, 7) is 3.74. The summed E-state index contributed by atoms with van der Waals surface area (Å²) in [5.41, 5.74) is 1.62. The highest BCUT2D eigenvalue weighted by Crippen LogP contribution is 2.38. The van der Waals surface area contributed by atoms with Gasteiger partial charge in [0.05, 0.1) is 12.7 Å². The van der Waals surface area contributed by atoms with Crippen molar-refractivity contribution in [3.63, 3.8) is 0 Å². The topological polar surface area (TPSA) is 75.3 Å². The van der Waals surface area contributed by atoms with E-state index in [1.54, 1.807) is 32.3 Å². The summed E-state index contributed by atoms with van der Waals surface area (Å²) in [7, 11) is 0. The molecule has 0 bridgehead atoms. The maximum Gasteiger partial charge on any atom is 0.315 e. The van der Waals surface area contributed by atoms with Gasteiger partial charge in [-0.3, -0.25) is 14.8 Å². The van der Waals surface area contributed by atoms with Crippen LogP contribution in [0.2, 0.25) is 0 Å². The number of carbonyl (C=O) groups is 1. The number of hydrogen-bond donors (Lipinski definition) is 0. The molecule has 1 unspecified atom stereocenters. The Morgan fingerprint density at radius 3 is 2.90 bits per heavy atom. The highest BCUT2D eigenvalue weighted by molar-refractivity contribution is 7.63. The molecule has 0 N–H and O–H groups in total. The van der Waals surface area contributed by atoms with Crippen LogP contribution >= 0.6 is 0 Å². The maximum absolute atomic E-state index is 12.3. The number of carbonyl (C=O) groups excluding carboxylic acids is 1. The van der Waals surface area contributed by atoms with Gasteiger partial charge in [0, 0.05) is 29.6 Å². The van der Waals surface area contributed by atoms with Crippen LogP contribution in [0.4, 0.5) is 0 Å². The number of allylic oxidation sites excluding steroid dienone is 1. The van der Waals surface area contributed by atoms with Gasteiger partial charge in [0.25, 0.3) is 0 Å². The van der Waals surface area contributed by atoms with Crippen molar-refractivity contribution in [1.29, 1.82) is 5.26 Å². The first kappa shape index (κ1) is 15.1. The molecule has 1 aromatic heterocycles. The molecule has 2 rings (SSSR count). The number of aromatic nitrogens is 1. The Labute approximate surface area is 128 Å². The summed E-state index contributed by atoms with van der Waals surface area (Å²) in [6, 6.07) is 5.67. The average Bonchev–Trinajstić information content (AvgIpc) is 2.47. The summed E-state index contributed by atoms with van der Waals surface area (Å²) >= 11 is 5.16. The molecular weight excluding hydrogens is 286 g/mol. The third-order valence-corrected chi connectivity index (χ3v) is 3.62. The third kappa shape index (κ3) is 2.93. The fourth-order valence-electron chi connectivity index (χ4n) is 2.41. The van der Waals surface area contributed by atoms with Crippen LogP contribution in [0.3, 0.4) is 0 Å². The van der Waals surface area contributed by atoms with Gasteiger partial charge in [-0.1, -0.05) is 11.1 Å². The van der Waals surface area contributed by atoms with Gasteiger partial charge < -0.3 is 17.4 Å². The van der Waals surface area contributed by atoms with Crippen molar-refractivity contribution >= 4 is 24.3 Å². The lowest BCUT2D eigenvalue weighted by atomic mass is 9.78. The molecule has 0 saturated carbocycles. The summed E-state index contributed by atoms with van der Waals surface area (Å²) < 4.78 is 5.13. The third-order valence-electron chi connectivity index (χ3n) is 3.31. The summed E-state index contributed by atoms with van der Waals surface area (Å²) in [4.78, 5) is 20.5. The molecule has 21 heavy (non-hydrogen) atoms. The van der Waals surface area contributed by atoms with Gasteiger partial charge in [-0.15, -0.1) is 0 Å². The Kier molecular flexibility index (Phi) is 4.66. The molecule has 0 amide bonds. The van der Waals surface area contributed by atoms with Crippen molar-refractivity contribution in [2.45, 2.75) is 19.8 Å². The first-order chi connectivity index (χ1) is 10.1. The Bertz CT molecular complexity index is 647. The monoisotopic (exact) mass is 300 g/mol. The van der Waals surface area contributed by atoms with E-state index in [9.17, 15) is 10.1 Å². The van der Waals surface area contributed by atoms with Crippen molar-refractivity contribution in [1.82, 2.24) is 4.98 Å². The van der Waals surface area contributed by atoms with Gasteiger partial charge in [-0.05, 0) is 25.5 Å². The van der Waals surface area contributed by atoms with Crippen LogP contribution in [-0.4, -0.2) is 23.3 Å². The number of nitriles is 1. The molecule has 0 spiro atoms. The van der Waals surface area contributed by atoms with Gasteiger partial charge in [0.1, 0.15) is 5.92 Å². The van der Waals surface area contributed by atoms with Crippen LogP contribution in [0.5, 0.6) is 0 Å². The van der Waals surface area contributed by atoms with Gasteiger partial charge in [-0.25, -0.2) is 0 Å². The number of aliphatic imine (C=N–C) groups is 1. The minimum absolute atomic E-state index is 0.226. The molecule has 2 atom stereocenters. The fourth-order valence-corrected chi connectivity index (χ4v) is 2.72. The molecular formula is C15H14N3O2S-. The van der Waals surface area contributed by atoms with Gasteiger partial charge in [0.2, 0.25) is 0 Å². The maximum atomic E-state index is 12.3. The number of esters is 1. The molecule has 1 aliphatic heterocycles. The molecule has 5 nitrogen and oxygen atoms in total. The summed E-state index contributed by atoms with van der Waals surface area (Å²) in [5.74, 6) is -1.54. The Hall–Kier alpha value is -2.26. The first-order valence-electron chi connectivity index (χ1n) is 6.53. The molecule has 2 heterocycles. The minimum Gasteiger partial charge on any atom is -0.759 e. The van der Waals surface area contributed by atoms with Gasteiger partial charge >= 0.3 is 5.97 Å². The van der Waals surface area contributed by atoms with E-state index in [-0.39, 0.29) is 11.6 Å². The normalized spacial score (nSPS) is 21.5. The lowest BCUT2D eigenvalue weighted by Gasteiger charge is -2.32. The van der Waals surface area contributed by atoms with E-state index < -0.39 is 17.8 Å². The zero-order valence-electron chi connectivity index (χ0n) is 11.7. The average molecular weight is 300 g/mol. The first-order valence-corrected chi connectivity index (χ1v) is 6.94. The molecule has 1 aromatic rings. The Balaban J connectivity index is 2.55. The highest BCUT2D eigenvalue weighted by Gasteiger charge is 2.38. The van der Waals surface area contributed by atoms with E-state index in [1.807, 2.05) is 6.07 Å². The molecule has 108 valence electrons. The smallest absolute Gasteiger partial charge is 0.315 e. The van der Waals surface area contributed by atoms with Crippen molar-refractivity contribution in [3.05, 3.63) is 40.7 Å². The van der Waals surface area contributed by atoms with Crippen LogP contribution in [0.15, 0.2) is 40.1 Å². The van der Waals surface area contributed by atoms with Crippen molar-refractivity contribution in [2.75, 3.05) is 6.61 Å². The second kappa shape index (κ2) is 6.46. The van der Waals surface area contributed by atoms with E-state index in [1.165, 1.54) is 0 Å². The summed E-state index contributed by atoms with van der Waals surface area (Å²) in [6.07, 6.45) is 3.27. The minimum atomic E-state index is -0.643. The van der Waals surface area contributed by atoms with Crippen molar-refractivity contribution < 1.29 is 9.53 Å². The second-order valence-corrected chi connectivity index (χ2v) is 4.96. The number of nitrogens with zero attached hydrogens (tertiary/aromatic N) is 3. The predicted molar refractivity (Wildman–Crippen MR) is 80.2 cm³/mol. The van der Waals surface area contributed by atoms with Crippen molar-refractivity contribution in [3.8, 4) is 6.07 Å². The van der Waals surface area contributed by atoms with Gasteiger partial charge in [0.15, 0.2) is 0 Å². The lowest BCUT2D eigenvalue weighted by molar-refractivity contribution is -0.146. The standard InChI is InChI=1S/C15H15N3O2S/c1-3-20-15(19)12-9(2)18-14(21)11(7-16)13(12)10-5-4-6-17-8-10/h4-6,8,12-13,21H,3H2,1-2H3/p-1/t12?,13-/m0/s1. The number of rotatable bonds is 3. The zero-order chi connectivity index (χ0) is 15.4. The van der Waals surface area contributed by atoms with Crippen LogP contribution in [0.1, 0.15) is 25.3 Å². The predicted octanol–water partition coefficient (Wildman–Crippen LogP) is 2.10. The van der Waals surface area contributed by atoms with Crippen LogP contribution in [0.25, 0.3) is 0 Å². The molecule has 0 saturated heterocycles. The van der Waals surface area contributed by atoms with Gasteiger partial charge in [-0.2, -0.15) is 5.26 Å². The molecule has 0 aromatic carbocycles. The van der Waals surface area contributed by atoms with Crippen LogP contribution in [-0.2, 0) is 22.2 Å². The highest BCUT2D eigenvalue weighted by atomic mass is 32.1. The van der Waals surface area contributed by atoms with E-state index in [4.69, 9.17) is 17.4 Å². The fraction of sp³-hybridized carbons (Fsp3) is 0.333. The zero-order valence-corrected chi connectivity index (χ0v) is 12.6. The van der Waals surface area contributed by atoms with Crippen molar-refractivity contribution in [2.24, 2.45) is 10.9 Å². The van der Waals surface area contributed by atoms with E-state index in [2.05, 4.69) is 16.0 Å². The number of pyridine rings is 1. The molecule has 6 heteroatoms. The van der Waals surface area contributed by atoms with E-state index in [0.717, 1.165) is 5.56 Å². The van der Waals surface area contributed by atoms with Crippen LogP contribution < -0.4 is 0 Å². The number of hydrogen-bond acceptors (Lipinski definition) is 6. The molecule has 0 radical (unpaired) electrons. The van der Waals surface area contributed by atoms with E-state index >= 15 is 0 Å². The Morgan fingerprint density at radius 1 is 1.57 bits per heavy atom. The SMILES string of the molecule is CCOC(=O)C1C(C)=NC([S-])=C(C#N)[C@@H]1c1cccnc1. The van der Waals surface area contributed by atoms with E-state index in [0.29, 0.717) is 11.3 Å². The largest absolute Gasteiger partial charge is 0.759 e. The molecule has 1 aliphatic rings. The molecule has 0 aliphatic carbocycles. The van der Waals surface area contributed by atoms with Crippen LogP contribution in [0, 0.1) is 17.2 Å². The molecule has 0 fully saturated rings.